The van der Waals surface area contributed by atoms with Crippen LogP contribution in [-0.2, 0) is 11.3 Å². The maximum absolute atomic E-state index is 12.1. The summed E-state index contributed by atoms with van der Waals surface area (Å²) in [6, 6.07) is 3.67. The van der Waals surface area contributed by atoms with Crippen LogP contribution in [0.25, 0.3) is 11.3 Å². The van der Waals surface area contributed by atoms with Gasteiger partial charge in [0.1, 0.15) is 5.15 Å². The molecule has 2 aromatic rings. The molecule has 0 spiro atoms. The summed E-state index contributed by atoms with van der Waals surface area (Å²) in [5, 5.41) is 0.806. The molecule has 0 amide bonds. The van der Waals surface area contributed by atoms with Crippen LogP contribution in [-0.4, -0.2) is 22.4 Å². The van der Waals surface area contributed by atoms with E-state index in [2.05, 4.69) is 9.55 Å². The average molecular weight is 339 g/mol. The molecule has 6 heteroatoms. The van der Waals surface area contributed by atoms with E-state index in [-0.39, 0.29) is 11.9 Å². The highest BCUT2D eigenvalue weighted by Crippen LogP contribution is 2.44. The summed E-state index contributed by atoms with van der Waals surface area (Å²) in [5.41, 5.74) is 2.87. The Morgan fingerprint density at radius 1 is 1.45 bits per heavy atom. The zero-order chi connectivity index (χ0) is 15.9. The number of aromatic nitrogens is 2. The van der Waals surface area contributed by atoms with Gasteiger partial charge in [-0.15, -0.1) is 0 Å². The zero-order valence-electron chi connectivity index (χ0n) is 12.4. The largest absolute Gasteiger partial charge is 0.375 e. The van der Waals surface area contributed by atoms with Crippen LogP contribution in [0.1, 0.15) is 41.9 Å². The number of Topliss-reactive ketones (excluding diaryl/α,β-unsaturated/α-hetero) is 1. The van der Waals surface area contributed by atoms with Gasteiger partial charge in [-0.25, -0.2) is 4.98 Å². The summed E-state index contributed by atoms with van der Waals surface area (Å²) in [6.07, 6.45) is 3.33. The second kappa shape index (κ2) is 6.03. The van der Waals surface area contributed by atoms with Gasteiger partial charge in [0.25, 0.3) is 0 Å². The van der Waals surface area contributed by atoms with E-state index in [1.807, 2.05) is 12.1 Å². The molecule has 0 saturated carbocycles. The first-order chi connectivity index (χ1) is 10.6. The highest BCUT2D eigenvalue weighted by molar-refractivity contribution is 6.38. The summed E-state index contributed by atoms with van der Waals surface area (Å²) in [5.74, 6) is -0.0658. The molecule has 1 unspecified atom stereocenters. The van der Waals surface area contributed by atoms with Crippen molar-refractivity contribution in [3.05, 3.63) is 39.8 Å². The third-order valence-electron chi connectivity index (χ3n) is 4.05. The van der Waals surface area contributed by atoms with Crippen molar-refractivity contribution in [1.82, 2.24) is 9.55 Å². The van der Waals surface area contributed by atoms with Gasteiger partial charge in [0.15, 0.2) is 5.78 Å². The predicted octanol–water partition coefficient (Wildman–Crippen LogP) is 4.54. The van der Waals surface area contributed by atoms with Crippen LogP contribution in [0.4, 0.5) is 0 Å². The molecular formula is C16H16Cl2N2O2. The van der Waals surface area contributed by atoms with Crippen LogP contribution in [0, 0.1) is 0 Å². The lowest BCUT2D eigenvalue weighted by Gasteiger charge is -2.26. The smallest absolute Gasteiger partial charge is 0.163 e. The molecule has 1 atom stereocenters. The van der Waals surface area contributed by atoms with Gasteiger partial charge in [0.2, 0.25) is 0 Å². The van der Waals surface area contributed by atoms with E-state index in [0.717, 1.165) is 36.3 Å². The lowest BCUT2D eigenvalue weighted by atomic mass is 10.0. The Morgan fingerprint density at radius 3 is 2.86 bits per heavy atom. The summed E-state index contributed by atoms with van der Waals surface area (Å²) in [6.45, 7) is 2.31. The number of carbonyl (C=O) groups is 1. The number of fused-ring (bicyclic) bond motifs is 1. The number of methoxy groups -OCH3 is 1. The molecule has 0 bridgehead atoms. The lowest BCUT2D eigenvalue weighted by molar-refractivity contribution is 0.0741. The number of ether oxygens (including phenoxy) is 1. The molecule has 1 aliphatic rings. The third kappa shape index (κ3) is 2.35. The fraction of sp³-hybridized carbons (Fsp3) is 0.375. The molecule has 116 valence electrons. The van der Waals surface area contributed by atoms with Crippen LogP contribution < -0.4 is 0 Å². The van der Waals surface area contributed by atoms with Gasteiger partial charge in [0.05, 0.1) is 28.1 Å². The minimum absolute atomic E-state index is 0.0658. The van der Waals surface area contributed by atoms with Crippen molar-refractivity contribution in [2.75, 3.05) is 7.11 Å². The summed E-state index contributed by atoms with van der Waals surface area (Å²) < 4.78 is 7.62. The maximum Gasteiger partial charge on any atom is 0.163 e. The monoisotopic (exact) mass is 338 g/mol. The highest BCUT2D eigenvalue weighted by atomic mass is 35.5. The Labute approximate surface area is 139 Å². The van der Waals surface area contributed by atoms with Gasteiger partial charge in [0, 0.05) is 25.4 Å². The Morgan fingerprint density at radius 2 is 2.23 bits per heavy atom. The second-order valence-electron chi connectivity index (χ2n) is 5.34. The van der Waals surface area contributed by atoms with Crippen LogP contribution in [0.5, 0.6) is 0 Å². The molecule has 3 heterocycles. The van der Waals surface area contributed by atoms with Gasteiger partial charge in [-0.3, -0.25) is 4.79 Å². The minimum Gasteiger partial charge on any atom is -0.375 e. The minimum atomic E-state index is -0.130. The Bertz CT molecular complexity index is 740. The van der Waals surface area contributed by atoms with Crippen molar-refractivity contribution >= 4 is 29.0 Å². The highest BCUT2D eigenvalue weighted by Gasteiger charge is 2.33. The predicted molar refractivity (Wildman–Crippen MR) is 86.7 cm³/mol. The Kier molecular flexibility index (Phi) is 4.26. The van der Waals surface area contributed by atoms with Gasteiger partial charge < -0.3 is 9.30 Å². The molecule has 0 saturated heterocycles. The molecule has 2 aromatic heterocycles. The number of hydrogen-bond acceptors (Lipinski definition) is 3. The SMILES string of the molecule is COC1CCCn2c(-c3cccnc3Cl)c(Cl)c(C(C)=O)c21. The topological polar surface area (TPSA) is 44.1 Å². The molecule has 0 radical (unpaired) electrons. The molecule has 4 nitrogen and oxygen atoms in total. The van der Waals surface area contributed by atoms with Crippen LogP contribution in [0.15, 0.2) is 18.3 Å². The molecule has 0 N–H and O–H groups in total. The molecular weight excluding hydrogens is 323 g/mol. The van der Waals surface area contributed by atoms with Crippen molar-refractivity contribution in [2.45, 2.75) is 32.4 Å². The van der Waals surface area contributed by atoms with E-state index in [4.69, 9.17) is 27.9 Å². The number of rotatable bonds is 3. The third-order valence-corrected chi connectivity index (χ3v) is 4.72. The van der Waals surface area contributed by atoms with Gasteiger partial charge in [-0.1, -0.05) is 23.2 Å². The first-order valence-electron chi connectivity index (χ1n) is 7.12. The molecule has 22 heavy (non-hydrogen) atoms. The fourth-order valence-electron chi connectivity index (χ4n) is 3.13. The van der Waals surface area contributed by atoms with Crippen LogP contribution in [0.3, 0.4) is 0 Å². The van der Waals surface area contributed by atoms with Gasteiger partial charge in [-0.05, 0) is 31.9 Å². The standard InChI is InChI=1S/C16H16Cl2N2O2/c1-9(21)12-13(17)14(10-5-3-7-19-16(10)18)20-8-4-6-11(22-2)15(12)20/h3,5,7,11H,4,6,8H2,1-2H3. The molecule has 0 aromatic carbocycles. The Balaban J connectivity index is 2.33. The Hall–Kier alpha value is -1.36. The van der Waals surface area contributed by atoms with Crippen LogP contribution >= 0.6 is 23.2 Å². The number of nitrogens with zero attached hydrogens (tertiary/aromatic N) is 2. The quantitative estimate of drug-likeness (QED) is 0.609. The first kappa shape index (κ1) is 15.5. The zero-order valence-corrected chi connectivity index (χ0v) is 13.9. The first-order valence-corrected chi connectivity index (χ1v) is 7.88. The van der Waals surface area contributed by atoms with E-state index in [0.29, 0.717) is 15.7 Å². The molecule has 0 aliphatic carbocycles. The summed E-state index contributed by atoms with van der Waals surface area (Å²) in [4.78, 5) is 16.2. The number of halogens is 2. The number of hydrogen-bond donors (Lipinski definition) is 0. The maximum atomic E-state index is 12.1. The summed E-state index contributed by atoms with van der Waals surface area (Å²) >= 11 is 12.8. The average Bonchev–Trinajstić information content (AvgIpc) is 2.80. The van der Waals surface area contributed by atoms with Crippen molar-refractivity contribution in [1.29, 1.82) is 0 Å². The fourth-order valence-corrected chi connectivity index (χ4v) is 3.78. The number of ketones is 1. The van der Waals surface area contributed by atoms with Gasteiger partial charge >= 0.3 is 0 Å². The van der Waals surface area contributed by atoms with E-state index >= 15 is 0 Å². The molecule has 1 aliphatic heterocycles. The van der Waals surface area contributed by atoms with Crippen molar-refractivity contribution in [2.24, 2.45) is 0 Å². The van der Waals surface area contributed by atoms with E-state index in [1.165, 1.54) is 6.92 Å². The lowest BCUT2D eigenvalue weighted by Crippen LogP contribution is -2.19. The van der Waals surface area contributed by atoms with E-state index in [9.17, 15) is 4.79 Å². The number of pyridine rings is 1. The van der Waals surface area contributed by atoms with Crippen molar-refractivity contribution < 1.29 is 9.53 Å². The second-order valence-corrected chi connectivity index (χ2v) is 6.07. The molecule has 0 fully saturated rings. The van der Waals surface area contributed by atoms with E-state index in [1.54, 1.807) is 13.3 Å². The van der Waals surface area contributed by atoms with Crippen molar-refractivity contribution in [3.8, 4) is 11.3 Å². The van der Waals surface area contributed by atoms with E-state index < -0.39 is 0 Å². The number of carbonyl (C=O) groups excluding carboxylic acids is 1. The van der Waals surface area contributed by atoms with Gasteiger partial charge in [-0.2, -0.15) is 0 Å². The summed E-state index contributed by atoms with van der Waals surface area (Å²) in [7, 11) is 1.65. The van der Waals surface area contributed by atoms with Crippen LogP contribution in [0.2, 0.25) is 10.2 Å². The molecule has 3 rings (SSSR count). The van der Waals surface area contributed by atoms with Crippen molar-refractivity contribution in [3.63, 3.8) is 0 Å². The normalized spacial score (nSPS) is 17.4.